The molecular formula is C17H18N2. The van der Waals surface area contributed by atoms with E-state index in [1.807, 2.05) is 63.2 Å². The molecule has 0 aliphatic rings. The van der Waals surface area contributed by atoms with Gasteiger partial charge >= 0.3 is 0 Å². The van der Waals surface area contributed by atoms with Crippen molar-refractivity contribution in [2.45, 2.75) is 20.8 Å². The number of aryl methyl sites for hydroxylation is 1. The van der Waals surface area contributed by atoms with Gasteiger partial charge in [0.1, 0.15) is 0 Å². The minimum absolute atomic E-state index is 0.777. The van der Waals surface area contributed by atoms with Gasteiger partial charge in [-0.1, -0.05) is 48.6 Å². The molecule has 2 rings (SSSR count). The molecule has 0 radical (unpaired) electrons. The van der Waals surface area contributed by atoms with E-state index in [2.05, 4.69) is 22.1 Å². The van der Waals surface area contributed by atoms with Crippen LogP contribution in [0.15, 0.2) is 54.6 Å². The van der Waals surface area contributed by atoms with Crippen LogP contribution in [-0.2, 0) is 0 Å². The van der Waals surface area contributed by atoms with Crippen molar-refractivity contribution < 1.29 is 0 Å². The summed E-state index contributed by atoms with van der Waals surface area (Å²) in [4.78, 5) is 9.18. The minimum Gasteiger partial charge on any atom is -0.233 e. The Morgan fingerprint density at radius 2 is 1.79 bits per heavy atom. The summed E-state index contributed by atoms with van der Waals surface area (Å²) in [6.45, 7) is 6.03. The molecule has 0 spiro atoms. The summed E-state index contributed by atoms with van der Waals surface area (Å²) < 4.78 is 0. The van der Waals surface area contributed by atoms with E-state index in [-0.39, 0.29) is 0 Å². The number of hydrogen-bond donors (Lipinski definition) is 0. The quantitative estimate of drug-likeness (QED) is 0.753. The zero-order valence-corrected chi connectivity index (χ0v) is 11.6. The number of aromatic nitrogens is 2. The molecule has 0 bridgehead atoms. The number of hydrogen-bond acceptors (Lipinski definition) is 2. The molecule has 0 fully saturated rings. The predicted molar refractivity (Wildman–Crippen MR) is 80.7 cm³/mol. The Morgan fingerprint density at radius 1 is 1.05 bits per heavy atom. The van der Waals surface area contributed by atoms with E-state index in [4.69, 9.17) is 0 Å². The largest absolute Gasteiger partial charge is 0.233 e. The maximum absolute atomic E-state index is 4.66. The summed E-state index contributed by atoms with van der Waals surface area (Å²) in [5, 5.41) is 0. The molecule has 1 aromatic carbocycles. The Kier molecular flexibility index (Phi) is 4.24. The third-order valence-electron chi connectivity index (χ3n) is 2.84. The second-order valence-electron chi connectivity index (χ2n) is 4.33. The van der Waals surface area contributed by atoms with Crippen molar-refractivity contribution in [3.63, 3.8) is 0 Å². The first kappa shape index (κ1) is 13.2. The SMILES string of the molecule is C/C=C\C(=C/C)c1cc(C)nc(-c2ccccc2)n1. The molecule has 0 amide bonds. The molecule has 2 heteroatoms. The molecule has 0 saturated heterocycles. The van der Waals surface area contributed by atoms with E-state index < -0.39 is 0 Å². The van der Waals surface area contributed by atoms with Gasteiger partial charge in [-0.25, -0.2) is 9.97 Å². The van der Waals surface area contributed by atoms with Gasteiger partial charge in [0.2, 0.25) is 0 Å². The molecule has 96 valence electrons. The third kappa shape index (κ3) is 3.16. The van der Waals surface area contributed by atoms with Crippen LogP contribution in [0.3, 0.4) is 0 Å². The topological polar surface area (TPSA) is 25.8 Å². The van der Waals surface area contributed by atoms with Crippen molar-refractivity contribution >= 4 is 5.57 Å². The highest BCUT2D eigenvalue weighted by atomic mass is 14.9. The van der Waals surface area contributed by atoms with Crippen molar-refractivity contribution in [3.05, 3.63) is 66.0 Å². The summed E-state index contributed by atoms with van der Waals surface area (Å²) in [5.74, 6) is 0.777. The average Bonchev–Trinajstić information content (AvgIpc) is 2.45. The lowest BCUT2D eigenvalue weighted by Gasteiger charge is -2.06. The lowest BCUT2D eigenvalue weighted by atomic mass is 10.1. The van der Waals surface area contributed by atoms with Gasteiger partial charge in [0.05, 0.1) is 5.69 Å². The Hall–Kier alpha value is -2.22. The molecule has 0 atom stereocenters. The summed E-state index contributed by atoms with van der Waals surface area (Å²) in [6.07, 6.45) is 6.15. The average molecular weight is 250 g/mol. The first-order chi connectivity index (χ1) is 9.24. The zero-order chi connectivity index (χ0) is 13.7. The van der Waals surface area contributed by atoms with Crippen LogP contribution < -0.4 is 0 Å². The van der Waals surface area contributed by atoms with Gasteiger partial charge < -0.3 is 0 Å². The van der Waals surface area contributed by atoms with Crippen molar-refractivity contribution in [2.75, 3.05) is 0 Å². The van der Waals surface area contributed by atoms with Crippen LogP contribution in [0.1, 0.15) is 25.2 Å². The van der Waals surface area contributed by atoms with Crippen LogP contribution in [0.25, 0.3) is 17.0 Å². The normalized spacial score (nSPS) is 12.1. The fraction of sp³-hybridized carbons (Fsp3) is 0.176. The Bertz CT molecular complexity index is 610. The van der Waals surface area contributed by atoms with Gasteiger partial charge in [-0.2, -0.15) is 0 Å². The number of benzene rings is 1. The van der Waals surface area contributed by atoms with Crippen LogP contribution in [-0.4, -0.2) is 9.97 Å². The molecule has 2 nitrogen and oxygen atoms in total. The van der Waals surface area contributed by atoms with Crippen LogP contribution in [0.2, 0.25) is 0 Å². The molecule has 2 aromatic rings. The van der Waals surface area contributed by atoms with Gasteiger partial charge in [0.15, 0.2) is 5.82 Å². The van der Waals surface area contributed by atoms with Crippen LogP contribution in [0.5, 0.6) is 0 Å². The molecule has 0 aliphatic carbocycles. The van der Waals surface area contributed by atoms with E-state index in [0.29, 0.717) is 0 Å². The van der Waals surface area contributed by atoms with Gasteiger partial charge in [-0.05, 0) is 32.4 Å². The van der Waals surface area contributed by atoms with Crippen LogP contribution >= 0.6 is 0 Å². The monoisotopic (exact) mass is 250 g/mol. The van der Waals surface area contributed by atoms with Crippen molar-refractivity contribution in [1.82, 2.24) is 9.97 Å². The van der Waals surface area contributed by atoms with Crippen molar-refractivity contribution in [3.8, 4) is 11.4 Å². The van der Waals surface area contributed by atoms with Crippen molar-refractivity contribution in [2.24, 2.45) is 0 Å². The Morgan fingerprint density at radius 3 is 2.42 bits per heavy atom. The highest BCUT2D eigenvalue weighted by Gasteiger charge is 2.06. The lowest BCUT2D eigenvalue weighted by molar-refractivity contribution is 1.09. The maximum Gasteiger partial charge on any atom is 0.160 e. The Labute approximate surface area is 114 Å². The number of nitrogens with zero attached hydrogens (tertiary/aromatic N) is 2. The van der Waals surface area contributed by atoms with Gasteiger partial charge in [-0.3, -0.25) is 0 Å². The molecule has 0 N–H and O–H groups in total. The van der Waals surface area contributed by atoms with Gasteiger partial charge in [0.25, 0.3) is 0 Å². The van der Waals surface area contributed by atoms with E-state index in [9.17, 15) is 0 Å². The second kappa shape index (κ2) is 6.10. The molecular weight excluding hydrogens is 232 g/mol. The fourth-order valence-corrected chi connectivity index (χ4v) is 1.94. The number of rotatable bonds is 3. The predicted octanol–water partition coefficient (Wildman–Crippen LogP) is 4.43. The summed E-state index contributed by atoms with van der Waals surface area (Å²) in [6, 6.07) is 12.1. The van der Waals surface area contributed by atoms with E-state index in [1.165, 1.54) is 0 Å². The standard InChI is InChI=1S/C17H18N2/c1-4-9-14(5-2)16-12-13(3)18-17(19-16)15-10-7-6-8-11-15/h4-12H,1-3H3/b9-4-,14-5+. The molecule has 0 unspecified atom stereocenters. The van der Waals surface area contributed by atoms with E-state index in [1.54, 1.807) is 0 Å². The summed E-state index contributed by atoms with van der Waals surface area (Å²) in [7, 11) is 0. The maximum atomic E-state index is 4.66. The fourth-order valence-electron chi connectivity index (χ4n) is 1.94. The molecule has 0 saturated carbocycles. The highest BCUT2D eigenvalue weighted by molar-refractivity contribution is 5.72. The smallest absolute Gasteiger partial charge is 0.160 e. The minimum atomic E-state index is 0.777. The highest BCUT2D eigenvalue weighted by Crippen LogP contribution is 2.20. The summed E-state index contributed by atoms with van der Waals surface area (Å²) >= 11 is 0. The van der Waals surface area contributed by atoms with Gasteiger partial charge in [0, 0.05) is 11.3 Å². The summed E-state index contributed by atoms with van der Waals surface area (Å²) in [5.41, 5.74) is 4.10. The first-order valence-corrected chi connectivity index (χ1v) is 6.45. The molecule has 1 aromatic heterocycles. The van der Waals surface area contributed by atoms with Crippen LogP contribution in [0, 0.1) is 6.92 Å². The molecule has 1 heterocycles. The zero-order valence-electron chi connectivity index (χ0n) is 11.6. The molecule has 19 heavy (non-hydrogen) atoms. The van der Waals surface area contributed by atoms with Crippen molar-refractivity contribution in [1.29, 1.82) is 0 Å². The van der Waals surface area contributed by atoms with E-state index >= 15 is 0 Å². The number of allylic oxidation sites excluding steroid dienone is 4. The Balaban J connectivity index is 2.52. The second-order valence-corrected chi connectivity index (χ2v) is 4.33. The lowest BCUT2D eigenvalue weighted by Crippen LogP contribution is -1.97. The van der Waals surface area contributed by atoms with Crippen LogP contribution in [0.4, 0.5) is 0 Å². The van der Waals surface area contributed by atoms with E-state index in [0.717, 1.165) is 28.3 Å². The van der Waals surface area contributed by atoms with Gasteiger partial charge in [-0.15, -0.1) is 0 Å². The molecule has 0 aliphatic heterocycles. The first-order valence-electron chi connectivity index (χ1n) is 6.45. The third-order valence-corrected chi connectivity index (χ3v) is 2.84.